The number of aliphatic hydroxyl groups excluding tert-OH is 1. The summed E-state index contributed by atoms with van der Waals surface area (Å²) in [6.07, 6.45) is 6.82. The molecule has 1 aliphatic heterocycles. The van der Waals surface area contributed by atoms with Crippen molar-refractivity contribution < 1.29 is 24.2 Å². The van der Waals surface area contributed by atoms with Crippen LogP contribution < -0.4 is 14.8 Å². The van der Waals surface area contributed by atoms with Crippen LogP contribution in [0.25, 0.3) is 23.3 Å². The normalized spacial score (nSPS) is 14.6. The third kappa shape index (κ3) is 7.58. The highest BCUT2D eigenvalue weighted by Crippen LogP contribution is 2.33. The highest BCUT2D eigenvalue weighted by molar-refractivity contribution is 6.04. The Labute approximate surface area is 275 Å². The zero-order valence-corrected chi connectivity index (χ0v) is 27.0. The number of aryl methyl sites for hydroxylation is 1. The van der Waals surface area contributed by atoms with Gasteiger partial charge in [-0.3, -0.25) is 19.5 Å². The van der Waals surface area contributed by atoms with Gasteiger partial charge in [-0.05, 0) is 84.3 Å². The summed E-state index contributed by atoms with van der Waals surface area (Å²) in [6.45, 7) is 7.82. The van der Waals surface area contributed by atoms with Crippen molar-refractivity contribution in [2.45, 2.75) is 39.8 Å². The first kappa shape index (κ1) is 33.1. The van der Waals surface area contributed by atoms with E-state index in [-0.39, 0.29) is 24.3 Å². The van der Waals surface area contributed by atoms with Crippen molar-refractivity contribution in [3.8, 4) is 28.7 Å². The molecule has 0 bridgehead atoms. The molecular formula is C38H38N4O5. The van der Waals surface area contributed by atoms with Gasteiger partial charge in [-0.2, -0.15) is 5.26 Å². The van der Waals surface area contributed by atoms with E-state index in [1.165, 1.54) is 0 Å². The van der Waals surface area contributed by atoms with Crippen LogP contribution in [-0.4, -0.2) is 60.1 Å². The number of methoxy groups -OCH3 is 1. The van der Waals surface area contributed by atoms with Gasteiger partial charge in [0.25, 0.3) is 5.91 Å². The van der Waals surface area contributed by atoms with Crippen LogP contribution in [0.4, 0.5) is 5.69 Å². The van der Waals surface area contributed by atoms with Crippen LogP contribution in [0.3, 0.4) is 0 Å². The number of aldehydes is 1. The van der Waals surface area contributed by atoms with E-state index in [1.54, 1.807) is 31.5 Å². The van der Waals surface area contributed by atoms with E-state index in [0.717, 1.165) is 63.8 Å². The van der Waals surface area contributed by atoms with Crippen molar-refractivity contribution in [1.82, 2.24) is 9.88 Å². The quantitative estimate of drug-likeness (QED) is 0.144. The number of likely N-dealkylation sites (tertiary alicyclic amines) is 1. The summed E-state index contributed by atoms with van der Waals surface area (Å²) in [5, 5.41) is 21.8. The largest absolute Gasteiger partial charge is 0.496 e. The molecule has 1 atom stereocenters. The van der Waals surface area contributed by atoms with Gasteiger partial charge in [0, 0.05) is 43.1 Å². The molecule has 2 N–H and O–H groups in total. The SMILES string of the molecule is COc1cc(C(=O)Nc2cccc(-c3cccc(/C=C/c4cc(OCC#N)c(C=O)cc4C)c3C)c2C)ncc1CN1CC[C@@H](O)C1. The van der Waals surface area contributed by atoms with Gasteiger partial charge in [-0.15, -0.1) is 0 Å². The third-order valence-corrected chi connectivity index (χ3v) is 8.55. The number of aliphatic hydroxyl groups is 1. The minimum Gasteiger partial charge on any atom is -0.496 e. The second kappa shape index (κ2) is 14.9. The van der Waals surface area contributed by atoms with Crippen LogP contribution in [-0.2, 0) is 6.54 Å². The number of carbonyl (C=O) groups is 2. The molecule has 0 aliphatic carbocycles. The summed E-state index contributed by atoms with van der Waals surface area (Å²) in [5.41, 5.74) is 8.99. The van der Waals surface area contributed by atoms with Gasteiger partial charge in [0.05, 0.1) is 18.8 Å². The monoisotopic (exact) mass is 630 g/mol. The van der Waals surface area contributed by atoms with Crippen LogP contribution in [0.5, 0.6) is 11.5 Å². The second-order valence-electron chi connectivity index (χ2n) is 11.7. The number of anilines is 1. The molecule has 4 aromatic rings. The lowest BCUT2D eigenvalue weighted by Crippen LogP contribution is -2.22. The topological polar surface area (TPSA) is 125 Å². The first-order valence-corrected chi connectivity index (χ1v) is 15.4. The summed E-state index contributed by atoms with van der Waals surface area (Å²) in [6, 6.07) is 19.0. The van der Waals surface area contributed by atoms with Crippen molar-refractivity contribution in [1.29, 1.82) is 5.26 Å². The smallest absolute Gasteiger partial charge is 0.274 e. The van der Waals surface area contributed by atoms with Gasteiger partial charge >= 0.3 is 0 Å². The number of hydrogen-bond donors (Lipinski definition) is 2. The molecule has 1 amide bonds. The molecule has 3 aromatic carbocycles. The van der Waals surface area contributed by atoms with Crippen LogP contribution in [0.15, 0.2) is 60.8 Å². The van der Waals surface area contributed by atoms with Crippen LogP contribution in [0, 0.1) is 32.1 Å². The highest BCUT2D eigenvalue weighted by atomic mass is 16.5. The minimum atomic E-state index is -0.339. The van der Waals surface area contributed by atoms with E-state index in [0.29, 0.717) is 35.8 Å². The molecule has 47 heavy (non-hydrogen) atoms. The summed E-state index contributed by atoms with van der Waals surface area (Å²) < 4.78 is 11.1. The molecule has 0 radical (unpaired) electrons. The zero-order valence-electron chi connectivity index (χ0n) is 27.0. The molecule has 0 saturated carbocycles. The molecule has 1 aromatic heterocycles. The Morgan fingerprint density at radius 3 is 2.49 bits per heavy atom. The Bertz CT molecular complexity index is 1880. The van der Waals surface area contributed by atoms with E-state index >= 15 is 0 Å². The summed E-state index contributed by atoms with van der Waals surface area (Å²) in [4.78, 5) is 31.4. The standard InChI is InChI=1S/C38H38N4O5/c1-24-17-29(23-43)37(47-16-14-39)18-28(24)12-11-27-7-5-8-32(25(27)2)33-9-6-10-34(26(33)3)41-38(45)35-19-36(46-4)30(20-40-35)21-42-15-13-31(44)22-42/h5-12,17-20,23,31,44H,13,15-16,21-22H2,1-4H3,(H,41,45)/b12-11+/t31-/m1/s1. The third-order valence-electron chi connectivity index (χ3n) is 8.55. The number of benzene rings is 3. The first-order chi connectivity index (χ1) is 22.7. The van der Waals surface area contributed by atoms with E-state index in [2.05, 4.69) is 28.2 Å². The predicted molar refractivity (Wildman–Crippen MR) is 183 cm³/mol. The number of ether oxygens (including phenoxy) is 2. The number of nitrogens with one attached hydrogen (secondary N) is 1. The number of hydrogen-bond acceptors (Lipinski definition) is 8. The number of nitriles is 1. The summed E-state index contributed by atoms with van der Waals surface area (Å²) in [7, 11) is 1.58. The number of aromatic nitrogens is 1. The molecule has 5 rings (SSSR count). The maximum atomic E-state index is 13.3. The first-order valence-electron chi connectivity index (χ1n) is 15.4. The van der Waals surface area contributed by atoms with E-state index in [9.17, 15) is 14.7 Å². The van der Waals surface area contributed by atoms with Crippen molar-refractivity contribution in [2.24, 2.45) is 0 Å². The van der Waals surface area contributed by atoms with Crippen LogP contribution >= 0.6 is 0 Å². The lowest BCUT2D eigenvalue weighted by molar-refractivity contribution is 0.102. The van der Waals surface area contributed by atoms with Crippen molar-refractivity contribution >= 4 is 30.0 Å². The van der Waals surface area contributed by atoms with E-state index < -0.39 is 0 Å². The van der Waals surface area contributed by atoms with E-state index in [4.69, 9.17) is 14.7 Å². The Kier molecular flexibility index (Phi) is 10.5. The van der Waals surface area contributed by atoms with Gasteiger partial charge in [-0.1, -0.05) is 42.5 Å². The lowest BCUT2D eigenvalue weighted by Gasteiger charge is -2.18. The molecular weight excluding hydrogens is 592 g/mol. The molecule has 0 unspecified atom stereocenters. The maximum absolute atomic E-state index is 13.3. The molecule has 240 valence electrons. The maximum Gasteiger partial charge on any atom is 0.274 e. The fourth-order valence-corrected chi connectivity index (χ4v) is 5.88. The van der Waals surface area contributed by atoms with Gasteiger partial charge in [0.15, 0.2) is 12.9 Å². The van der Waals surface area contributed by atoms with Crippen molar-refractivity contribution in [3.05, 3.63) is 105 Å². The van der Waals surface area contributed by atoms with Crippen LogP contribution in [0.2, 0.25) is 0 Å². The lowest BCUT2D eigenvalue weighted by atomic mass is 9.92. The molecule has 1 saturated heterocycles. The molecule has 9 nitrogen and oxygen atoms in total. The Balaban J connectivity index is 1.37. The average Bonchev–Trinajstić information content (AvgIpc) is 3.49. The average molecular weight is 631 g/mol. The molecule has 2 heterocycles. The van der Waals surface area contributed by atoms with Crippen molar-refractivity contribution in [3.63, 3.8) is 0 Å². The van der Waals surface area contributed by atoms with Gasteiger partial charge < -0.3 is 19.9 Å². The molecule has 0 spiro atoms. The number of carbonyl (C=O) groups excluding carboxylic acids is 2. The molecule has 1 fully saturated rings. The second-order valence-corrected chi connectivity index (χ2v) is 11.7. The number of rotatable bonds is 11. The number of nitrogens with zero attached hydrogens (tertiary/aromatic N) is 3. The van der Waals surface area contributed by atoms with E-state index in [1.807, 2.05) is 62.4 Å². The Morgan fingerprint density at radius 2 is 1.79 bits per heavy atom. The fraction of sp³-hybridized carbons (Fsp3) is 0.263. The van der Waals surface area contributed by atoms with Gasteiger partial charge in [-0.25, -0.2) is 0 Å². The van der Waals surface area contributed by atoms with Crippen LogP contribution in [0.1, 0.15) is 60.6 Å². The van der Waals surface area contributed by atoms with Gasteiger partial charge in [0.2, 0.25) is 0 Å². The summed E-state index contributed by atoms with van der Waals surface area (Å²) in [5.74, 6) is 0.617. The minimum absolute atomic E-state index is 0.143. The number of β-amino-alcohol motifs (C(OH)–C–C–N with tert-alkyl or cyclic N) is 1. The summed E-state index contributed by atoms with van der Waals surface area (Å²) >= 11 is 0. The highest BCUT2D eigenvalue weighted by Gasteiger charge is 2.22. The Hall–Kier alpha value is -5.30. The zero-order chi connectivity index (χ0) is 33.5. The van der Waals surface area contributed by atoms with Crippen molar-refractivity contribution in [2.75, 3.05) is 32.1 Å². The molecule has 1 aliphatic rings. The number of pyridine rings is 1. The fourth-order valence-electron chi connectivity index (χ4n) is 5.88. The van der Waals surface area contributed by atoms with Gasteiger partial charge in [0.1, 0.15) is 23.3 Å². The number of amides is 1. The Morgan fingerprint density at radius 1 is 1.04 bits per heavy atom. The predicted octanol–water partition coefficient (Wildman–Crippen LogP) is 6.39. The molecule has 9 heteroatoms.